The van der Waals surface area contributed by atoms with Gasteiger partial charge in [0, 0.05) is 52.2 Å². The fraction of sp³-hybridized carbons (Fsp3) is 0.677. The summed E-state index contributed by atoms with van der Waals surface area (Å²) in [5.74, 6) is 3.04. The number of carbonyl (C=O) groups excluding carboxylic acids is 1. The molecule has 0 radical (unpaired) electrons. The molecule has 6 nitrogen and oxygen atoms in total. The monoisotopic (exact) mass is 558 g/mol. The molecular weight excluding hydrogens is 515 g/mol. The van der Waals surface area contributed by atoms with Crippen LogP contribution in [0.15, 0.2) is 34.4 Å². The van der Waals surface area contributed by atoms with Gasteiger partial charge in [-0.05, 0) is 73.8 Å². The molecule has 0 N–H and O–H groups in total. The van der Waals surface area contributed by atoms with E-state index < -0.39 is 0 Å². The molecule has 1 aromatic rings. The van der Waals surface area contributed by atoms with Crippen molar-refractivity contribution in [3.8, 4) is 5.75 Å². The first kappa shape index (κ1) is 28.4. The van der Waals surface area contributed by atoms with Gasteiger partial charge in [0.05, 0.1) is 18.1 Å². The maximum absolute atomic E-state index is 14.8. The number of rotatable bonds is 10. The number of ether oxygens (including phenoxy) is 1. The van der Waals surface area contributed by atoms with Crippen LogP contribution in [0.2, 0.25) is 0 Å². The van der Waals surface area contributed by atoms with E-state index >= 15 is 0 Å². The van der Waals surface area contributed by atoms with Crippen LogP contribution < -0.4 is 4.74 Å². The number of benzene rings is 1. The smallest absolute Gasteiger partial charge is 0.226 e. The molecule has 0 spiro atoms. The third-order valence-corrected chi connectivity index (χ3v) is 9.51. The van der Waals surface area contributed by atoms with Gasteiger partial charge in [-0.1, -0.05) is 36.9 Å². The van der Waals surface area contributed by atoms with Crippen molar-refractivity contribution in [2.24, 2.45) is 28.7 Å². The Bertz CT molecular complexity index is 1050. The molecule has 1 amide bonds. The molecule has 3 unspecified atom stereocenters. The number of piperidine rings is 1. The van der Waals surface area contributed by atoms with Gasteiger partial charge in [0.15, 0.2) is 6.29 Å². The second kappa shape index (κ2) is 13.0. The average molecular weight is 559 g/mol. The summed E-state index contributed by atoms with van der Waals surface area (Å²) < 4.78 is 20.7. The molecule has 0 bridgehead atoms. The number of aliphatic imine (C=N–C) groups is 1. The Morgan fingerprint density at radius 1 is 1.18 bits per heavy atom. The summed E-state index contributed by atoms with van der Waals surface area (Å²) in [5.41, 5.74) is 0.445. The predicted molar refractivity (Wildman–Crippen MR) is 154 cm³/mol. The minimum absolute atomic E-state index is 0.0153. The molecular formula is C31H44ClFN4O2. The van der Waals surface area contributed by atoms with Gasteiger partial charge in [0.1, 0.15) is 11.6 Å². The second-order valence-electron chi connectivity index (χ2n) is 12.2. The van der Waals surface area contributed by atoms with E-state index in [1.807, 2.05) is 20.3 Å². The number of halogens is 2. The molecule has 8 heteroatoms. The zero-order valence-electron chi connectivity index (χ0n) is 23.5. The van der Waals surface area contributed by atoms with Crippen molar-refractivity contribution in [1.82, 2.24) is 14.7 Å². The Morgan fingerprint density at radius 3 is 2.67 bits per heavy atom. The first-order valence-corrected chi connectivity index (χ1v) is 15.3. The van der Waals surface area contributed by atoms with E-state index in [0.29, 0.717) is 34.8 Å². The summed E-state index contributed by atoms with van der Waals surface area (Å²) in [6.07, 6.45) is 14.8. The van der Waals surface area contributed by atoms with E-state index in [9.17, 15) is 9.18 Å². The lowest BCUT2D eigenvalue weighted by molar-refractivity contribution is -0.129. The van der Waals surface area contributed by atoms with E-state index in [4.69, 9.17) is 16.3 Å². The van der Waals surface area contributed by atoms with Gasteiger partial charge < -0.3 is 14.5 Å². The number of carbonyl (C=O) groups is 1. The van der Waals surface area contributed by atoms with Crippen LogP contribution in [0, 0.1) is 29.5 Å². The molecule has 214 valence electrons. The summed E-state index contributed by atoms with van der Waals surface area (Å²) in [4.78, 5) is 23.6. The molecule has 4 aliphatic rings. The SMILES string of the molecule is CN(CC1CCCCC1)C(=O)Cc1ccc(OCCC2CC2C2CCN(C3N=CC(Cl)=CN3C)CC2)cc1F. The van der Waals surface area contributed by atoms with Crippen molar-refractivity contribution < 1.29 is 13.9 Å². The molecule has 2 saturated carbocycles. The van der Waals surface area contributed by atoms with Crippen molar-refractivity contribution in [3.63, 3.8) is 0 Å². The molecule has 3 atom stereocenters. The standard InChI is InChI=1S/C31H44ClFN4O2/c1-35(20-22-6-4-3-5-7-22)30(38)17-25-8-9-27(18-29(25)33)39-15-12-24-16-28(24)23-10-13-37(14-11-23)31-34-19-26(32)21-36(31)2/h8-9,18-19,21-24,28,31H,3-7,10-17,20H2,1-2H3. The zero-order valence-corrected chi connectivity index (χ0v) is 24.3. The Kier molecular flexibility index (Phi) is 9.49. The van der Waals surface area contributed by atoms with Crippen LogP contribution in [0.3, 0.4) is 0 Å². The maximum Gasteiger partial charge on any atom is 0.226 e. The van der Waals surface area contributed by atoms with Gasteiger partial charge in [-0.15, -0.1) is 0 Å². The van der Waals surface area contributed by atoms with Gasteiger partial charge in [-0.3, -0.25) is 14.7 Å². The summed E-state index contributed by atoms with van der Waals surface area (Å²) in [6, 6.07) is 4.96. The van der Waals surface area contributed by atoms with Gasteiger partial charge >= 0.3 is 0 Å². The van der Waals surface area contributed by atoms with Crippen molar-refractivity contribution in [1.29, 1.82) is 0 Å². The number of allylic oxidation sites excluding steroid dienone is 1. The average Bonchev–Trinajstić information content (AvgIpc) is 3.70. The van der Waals surface area contributed by atoms with Gasteiger partial charge in [0.2, 0.25) is 5.91 Å². The highest BCUT2D eigenvalue weighted by molar-refractivity contribution is 6.39. The maximum atomic E-state index is 14.8. The number of hydrogen-bond acceptors (Lipinski definition) is 5. The number of likely N-dealkylation sites (tertiary alicyclic amines) is 1. The summed E-state index contributed by atoms with van der Waals surface area (Å²) >= 11 is 6.06. The minimum Gasteiger partial charge on any atom is -0.493 e. The molecule has 3 fully saturated rings. The Hall–Kier alpha value is -2.12. The number of likely N-dealkylation sites (N-methyl/N-ethyl adjacent to an activating group) is 1. The largest absolute Gasteiger partial charge is 0.493 e. The molecule has 0 aromatic heterocycles. The number of hydrogen-bond donors (Lipinski definition) is 0. The lowest BCUT2D eigenvalue weighted by atomic mass is 9.89. The number of nitrogens with zero attached hydrogens (tertiary/aromatic N) is 4. The second-order valence-corrected chi connectivity index (χ2v) is 12.6. The van der Waals surface area contributed by atoms with Crippen LogP contribution in [-0.2, 0) is 11.2 Å². The summed E-state index contributed by atoms with van der Waals surface area (Å²) in [5, 5.41) is 0.674. The van der Waals surface area contributed by atoms with Crippen molar-refractivity contribution in [3.05, 3.63) is 40.8 Å². The highest BCUT2D eigenvalue weighted by Crippen LogP contribution is 2.50. The quantitative estimate of drug-likeness (QED) is 0.358. The number of amides is 1. The van der Waals surface area contributed by atoms with Crippen LogP contribution in [0.4, 0.5) is 4.39 Å². The molecule has 2 aliphatic carbocycles. The zero-order chi connectivity index (χ0) is 27.4. The van der Waals surface area contributed by atoms with Crippen molar-refractivity contribution >= 4 is 23.7 Å². The molecule has 2 heterocycles. The third kappa shape index (κ3) is 7.55. The summed E-state index contributed by atoms with van der Waals surface area (Å²) in [6.45, 7) is 3.51. The van der Waals surface area contributed by atoms with E-state index in [0.717, 1.165) is 37.9 Å². The fourth-order valence-electron chi connectivity index (χ4n) is 6.89. The van der Waals surface area contributed by atoms with E-state index in [1.54, 1.807) is 23.2 Å². The Morgan fingerprint density at radius 2 is 1.95 bits per heavy atom. The predicted octanol–water partition coefficient (Wildman–Crippen LogP) is 5.90. The summed E-state index contributed by atoms with van der Waals surface area (Å²) in [7, 11) is 3.88. The van der Waals surface area contributed by atoms with Gasteiger partial charge in [0.25, 0.3) is 0 Å². The van der Waals surface area contributed by atoms with E-state index in [1.165, 1.54) is 57.4 Å². The van der Waals surface area contributed by atoms with Gasteiger partial charge in [-0.2, -0.15) is 0 Å². The lowest BCUT2D eigenvalue weighted by Gasteiger charge is -2.40. The van der Waals surface area contributed by atoms with Crippen molar-refractivity contribution in [2.75, 3.05) is 40.3 Å². The van der Waals surface area contributed by atoms with Crippen LogP contribution in [0.1, 0.15) is 63.4 Å². The molecule has 1 saturated heterocycles. The molecule has 39 heavy (non-hydrogen) atoms. The Balaban J connectivity index is 0.998. The van der Waals surface area contributed by atoms with Crippen molar-refractivity contribution in [2.45, 2.75) is 70.5 Å². The fourth-order valence-corrected chi connectivity index (χ4v) is 7.10. The third-order valence-electron chi connectivity index (χ3n) is 9.31. The van der Waals surface area contributed by atoms with Crippen LogP contribution in [0.25, 0.3) is 0 Å². The highest BCUT2D eigenvalue weighted by Gasteiger charge is 2.43. The van der Waals surface area contributed by atoms with E-state index in [2.05, 4.69) is 14.8 Å². The normalized spacial score (nSPS) is 26.4. The van der Waals surface area contributed by atoms with E-state index in [-0.39, 0.29) is 24.4 Å². The molecule has 5 rings (SSSR count). The lowest BCUT2D eigenvalue weighted by Crippen LogP contribution is -2.48. The van der Waals surface area contributed by atoms with Crippen LogP contribution in [0.5, 0.6) is 5.75 Å². The molecule has 1 aromatic carbocycles. The minimum atomic E-state index is -0.353. The topological polar surface area (TPSA) is 48.4 Å². The first-order chi connectivity index (χ1) is 18.9. The Labute approximate surface area is 238 Å². The molecule has 2 aliphatic heterocycles. The highest BCUT2D eigenvalue weighted by atomic mass is 35.5. The van der Waals surface area contributed by atoms with Gasteiger partial charge in [-0.25, -0.2) is 4.39 Å². The van der Waals surface area contributed by atoms with Crippen LogP contribution >= 0.6 is 11.6 Å². The first-order valence-electron chi connectivity index (χ1n) is 14.9. The van der Waals surface area contributed by atoms with Crippen LogP contribution in [-0.4, -0.2) is 73.4 Å².